The molecule has 2 aromatic rings. The van der Waals surface area contributed by atoms with Gasteiger partial charge < -0.3 is 21.1 Å². The molecule has 0 fully saturated rings. The van der Waals surface area contributed by atoms with Crippen LogP contribution in [0.3, 0.4) is 0 Å². The second-order valence-corrected chi connectivity index (χ2v) is 6.46. The Kier molecular flexibility index (Phi) is 7.56. The molecule has 0 spiro atoms. The summed E-state index contributed by atoms with van der Waals surface area (Å²) < 4.78 is 5.18. The van der Waals surface area contributed by atoms with Gasteiger partial charge in [-0.1, -0.05) is 42.5 Å². The van der Waals surface area contributed by atoms with Gasteiger partial charge in [-0.2, -0.15) is 0 Å². The van der Waals surface area contributed by atoms with Crippen LogP contribution in [0.1, 0.15) is 18.1 Å². The van der Waals surface area contributed by atoms with Gasteiger partial charge in [0.25, 0.3) is 0 Å². The number of benzene rings is 2. The van der Waals surface area contributed by atoms with E-state index in [9.17, 15) is 14.4 Å². The minimum Gasteiger partial charge on any atom is -0.497 e. The van der Waals surface area contributed by atoms with Gasteiger partial charge in [0.1, 0.15) is 17.8 Å². The van der Waals surface area contributed by atoms with E-state index in [0.29, 0.717) is 12.2 Å². The van der Waals surface area contributed by atoms with Gasteiger partial charge in [0.15, 0.2) is 0 Å². The minimum atomic E-state index is -0.911. The van der Waals surface area contributed by atoms with E-state index >= 15 is 0 Å². The van der Waals surface area contributed by atoms with Crippen molar-refractivity contribution in [3.8, 4) is 5.75 Å². The van der Waals surface area contributed by atoms with Crippen LogP contribution >= 0.6 is 0 Å². The predicted octanol–water partition coefficient (Wildman–Crippen LogP) is 0.955. The fraction of sp³-hybridized carbons (Fsp3) is 0.286. The van der Waals surface area contributed by atoms with Crippen molar-refractivity contribution >= 4 is 17.7 Å². The zero-order valence-electron chi connectivity index (χ0n) is 16.0. The summed E-state index contributed by atoms with van der Waals surface area (Å²) in [6.45, 7) is 1.34. The number of rotatable bonds is 9. The maximum atomic E-state index is 12.8. The molecule has 0 aliphatic heterocycles. The number of hydrogen-bond donors (Lipinski definition) is 3. The second kappa shape index (κ2) is 10.1. The molecule has 7 heteroatoms. The van der Waals surface area contributed by atoms with E-state index < -0.39 is 23.9 Å². The zero-order valence-corrected chi connectivity index (χ0v) is 16.0. The molecule has 148 valence electrons. The van der Waals surface area contributed by atoms with Crippen LogP contribution in [0.5, 0.6) is 5.75 Å². The predicted molar refractivity (Wildman–Crippen MR) is 106 cm³/mol. The van der Waals surface area contributed by atoms with Gasteiger partial charge >= 0.3 is 0 Å². The molecule has 28 heavy (non-hydrogen) atoms. The van der Waals surface area contributed by atoms with Crippen molar-refractivity contribution in [2.24, 2.45) is 5.73 Å². The first kappa shape index (κ1) is 21.0. The van der Waals surface area contributed by atoms with E-state index in [-0.39, 0.29) is 12.3 Å². The Morgan fingerprint density at radius 3 is 2.18 bits per heavy atom. The molecule has 3 amide bonds. The second-order valence-electron chi connectivity index (χ2n) is 6.46. The lowest BCUT2D eigenvalue weighted by molar-refractivity contribution is -0.130. The number of nitrogens with one attached hydrogen (secondary N) is 2. The summed E-state index contributed by atoms with van der Waals surface area (Å²) in [5.41, 5.74) is 7.17. The van der Waals surface area contributed by atoms with Gasteiger partial charge in [0.05, 0.1) is 7.11 Å². The molecule has 0 bridgehead atoms. The Bertz CT molecular complexity index is 823. The van der Waals surface area contributed by atoms with Crippen molar-refractivity contribution < 1.29 is 19.1 Å². The van der Waals surface area contributed by atoms with Crippen LogP contribution in [0.25, 0.3) is 0 Å². The van der Waals surface area contributed by atoms with Gasteiger partial charge in [-0.25, -0.2) is 0 Å². The lowest BCUT2D eigenvalue weighted by Gasteiger charge is -2.22. The van der Waals surface area contributed by atoms with Crippen LogP contribution in [0, 0.1) is 0 Å². The molecule has 0 aromatic heterocycles. The summed E-state index contributed by atoms with van der Waals surface area (Å²) >= 11 is 0. The van der Waals surface area contributed by atoms with E-state index in [0.717, 1.165) is 11.1 Å². The Morgan fingerprint density at radius 1 is 0.929 bits per heavy atom. The number of hydrogen-bond acceptors (Lipinski definition) is 4. The van der Waals surface area contributed by atoms with E-state index in [1.165, 1.54) is 6.92 Å². The van der Waals surface area contributed by atoms with Gasteiger partial charge in [0.2, 0.25) is 17.7 Å². The molecule has 0 unspecified atom stereocenters. The molecule has 0 heterocycles. The average Bonchev–Trinajstić information content (AvgIpc) is 2.67. The highest BCUT2D eigenvalue weighted by atomic mass is 16.5. The van der Waals surface area contributed by atoms with E-state index in [4.69, 9.17) is 10.5 Å². The molecule has 0 aliphatic carbocycles. The van der Waals surface area contributed by atoms with Crippen LogP contribution < -0.4 is 21.1 Å². The number of nitrogens with two attached hydrogens (primary N) is 1. The number of amides is 3. The van der Waals surface area contributed by atoms with E-state index in [1.807, 2.05) is 36.4 Å². The third kappa shape index (κ3) is 6.42. The summed E-state index contributed by atoms with van der Waals surface area (Å²) in [4.78, 5) is 36.2. The third-order valence-electron chi connectivity index (χ3n) is 4.21. The van der Waals surface area contributed by atoms with Crippen molar-refractivity contribution in [2.75, 3.05) is 7.11 Å². The molecule has 4 N–H and O–H groups in total. The van der Waals surface area contributed by atoms with Crippen molar-refractivity contribution in [2.45, 2.75) is 31.8 Å². The highest BCUT2D eigenvalue weighted by Crippen LogP contribution is 2.14. The highest BCUT2D eigenvalue weighted by Gasteiger charge is 2.25. The number of carbonyl (C=O) groups excluding carboxylic acids is 3. The van der Waals surface area contributed by atoms with Crippen LogP contribution in [0.4, 0.5) is 0 Å². The first-order chi connectivity index (χ1) is 13.4. The minimum absolute atomic E-state index is 0.219. The molecule has 7 nitrogen and oxygen atoms in total. The largest absolute Gasteiger partial charge is 0.497 e. The maximum Gasteiger partial charge on any atom is 0.243 e. The Balaban J connectivity index is 2.12. The molecular weight excluding hydrogens is 358 g/mol. The SMILES string of the molecule is COc1cccc(C[C@@H](NC(=O)[C@@H](Cc2ccccc2)NC(C)=O)C(N)=O)c1. The maximum absolute atomic E-state index is 12.8. The molecule has 0 radical (unpaired) electrons. The molecule has 2 rings (SSSR count). The van der Waals surface area contributed by atoms with Gasteiger partial charge in [-0.15, -0.1) is 0 Å². The first-order valence-corrected chi connectivity index (χ1v) is 8.92. The van der Waals surface area contributed by atoms with Crippen molar-refractivity contribution in [3.63, 3.8) is 0 Å². The fourth-order valence-corrected chi connectivity index (χ4v) is 2.83. The average molecular weight is 383 g/mol. The number of carbonyl (C=O) groups is 3. The Labute approximate surface area is 164 Å². The standard InChI is InChI=1S/C21H25N3O4/c1-14(25)23-19(12-15-7-4-3-5-8-15)21(27)24-18(20(22)26)13-16-9-6-10-17(11-16)28-2/h3-11,18-19H,12-13H2,1-2H3,(H2,22,26)(H,23,25)(H,24,27)/t18-,19-/m1/s1. The summed E-state index contributed by atoms with van der Waals surface area (Å²) in [5, 5.41) is 5.29. The molecule has 2 aromatic carbocycles. The van der Waals surface area contributed by atoms with Crippen molar-refractivity contribution in [1.82, 2.24) is 10.6 Å². The molecule has 2 atom stereocenters. The summed E-state index contributed by atoms with van der Waals surface area (Å²) in [6.07, 6.45) is 0.521. The third-order valence-corrected chi connectivity index (χ3v) is 4.21. The Hall–Kier alpha value is -3.35. The fourth-order valence-electron chi connectivity index (χ4n) is 2.83. The van der Waals surface area contributed by atoms with Gasteiger partial charge in [-0.3, -0.25) is 14.4 Å². The lowest BCUT2D eigenvalue weighted by Crippen LogP contribution is -2.54. The quantitative estimate of drug-likeness (QED) is 0.599. The zero-order chi connectivity index (χ0) is 20.5. The smallest absolute Gasteiger partial charge is 0.243 e. The van der Waals surface area contributed by atoms with Crippen LogP contribution in [-0.4, -0.2) is 36.9 Å². The number of primary amides is 1. The summed E-state index contributed by atoms with van der Waals surface area (Å²) in [7, 11) is 1.55. The van der Waals surface area contributed by atoms with Crippen molar-refractivity contribution in [1.29, 1.82) is 0 Å². The molecule has 0 saturated heterocycles. The van der Waals surface area contributed by atoms with E-state index in [2.05, 4.69) is 10.6 Å². The van der Waals surface area contributed by atoms with Gasteiger partial charge in [-0.05, 0) is 23.3 Å². The first-order valence-electron chi connectivity index (χ1n) is 8.92. The number of methoxy groups -OCH3 is 1. The number of ether oxygens (including phenoxy) is 1. The van der Waals surface area contributed by atoms with Crippen LogP contribution in [0.2, 0.25) is 0 Å². The topological polar surface area (TPSA) is 111 Å². The highest BCUT2D eigenvalue weighted by molar-refractivity contribution is 5.91. The molecular formula is C21H25N3O4. The van der Waals surface area contributed by atoms with E-state index in [1.54, 1.807) is 25.3 Å². The normalized spacial score (nSPS) is 12.5. The van der Waals surface area contributed by atoms with Crippen molar-refractivity contribution in [3.05, 3.63) is 65.7 Å². The van der Waals surface area contributed by atoms with Gasteiger partial charge in [0, 0.05) is 19.8 Å². The molecule has 0 saturated carbocycles. The molecule has 0 aliphatic rings. The van der Waals surface area contributed by atoms with Crippen LogP contribution in [0.15, 0.2) is 54.6 Å². The Morgan fingerprint density at radius 2 is 1.57 bits per heavy atom. The van der Waals surface area contributed by atoms with Crippen LogP contribution in [-0.2, 0) is 27.2 Å². The summed E-state index contributed by atoms with van der Waals surface area (Å²) in [6, 6.07) is 14.8. The summed E-state index contributed by atoms with van der Waals surface area (Å²) in [5.74, 6) is -0.810. The monoisotopic (exact) mass is 383 g/mol. The lowest BCUT2D eigenvalue weighted by atomic mass is 10.0.